The van der Waals surface area contributed by atoms with Crippen LogP contribution in [0.4, 0.5) is 5.82 Å². The normalized spacial score (nSPS) is 22.8. The Morgan fingerprint density at radius 3 is 2.60 bits per heavy atom. The quantitative estimate of drug-likeness (QED) is 0.653. The zero-order chi connectivity index (χ0) is 18.6. The van der Waals surface area contributed by atoms with Gasteiger partial charge in [0.2, 0.25) is 5.91 Å². The topological polar surface area (TPSA) is 113 Å². The SMILES string of the molecule is CN(C)C(=O)[C@H]1CC[C@H](NC(=S)C(=O)Nc2ccc(Cl)nn2)[C@H](N)C1. The smallest absolute Gasteiger partial charge is 0.284 e. The van der Waals surface area contributed by atoms with Gasteiger partial charge >= 0.3 is 0 Å². The lowest BCUT2D eigenvalue weighted by Crippen LogP contribution is -2.54. The summed E-state index contributed by atoms with van der Waals surface area (Å²) < 4.78 is 0. The first kappa shape index (κ1) is 19.5. The van der Waals surface area contributed by atoms with Crippen LogP contribution in [0.1, 0.15) is 19.3 Å². The third-order valence-corrected chi connectivity index (χ3v) is 4.59. The van der Waals surface area contributed by atoms with E-state index in [1.807, 2.05) is 0 Å². The minimum absolute atomic E-state index is 0.0228. The number of amides is 2. The van der Waals surface area contributed by atoms with Crippen molar-refractivity contribution >= 4 is 46.4 Å². The Bertz CT molecular complexity index is 654. The molecule has 0 unspecified atom stereocenters. The number of nitrogens with zero attached hydrogens (tertiary/aromatic N) is 3. The average Bonchev–Trinajstić information content (AvgIpc) is 2.57. The van der Waals surface area contributed by atoms with Gasteiger partial charge < -0.3 is 21.3 Å². The van der Waals surface area contributed by atoms with Crippen LogP contribution in [0.2, 0.25) is 5.15 Å². The Kier molecular flexibility index (Phi) is 6.63. The number of hydrogen-bond acceptors (Lipinski definition) is 6. The van der Waals surface area contributed by atoms with Gasteiger partial charge in [0.25, 0.3) is 5.91 Å². The third-order valence-electron chi connectivity index (χ3n) is 4.09. The van der Waals surface area contributed by atoms with Gasteiger partial charge in [-0.05, 0) is 31.4 Å². The maximum atomic E-state index is 12.1. The lowest BCUT2D eigenvalue weighted by Gasteiger charge is -2.35. The molecule has 0 radical (unpaired) electrons. The molecule has 3 atom stereocenters. The van der Waals surface area contributed by atoms with E-state index in [0.717, 1.165) is 0 Å². The van der Waals surface area contributed by atoms with Crippen molar-refractivity contribution in [3.05, 3.63) is 17.3 Å². The second kappa shape index (κ2) is 8.50. The highest BCUT2D eigenvalue weighted by atomic mass is 35.5. The molecule has 25 heavy (non-hydrogen) atoms. The number of rotatable bonds is 3. The largest absolute Gasteiger partial charge is 0.367 e. The molecular formula is C15H21ClN6O2S. The summed E-state index contributed by atoms with van der Waals surface area (Å²) in [5.41, 5.74) is 6.16. The molecule has 1 aromatic rings. The zero-order valence-electron chi connectivity index (χ0n) is 14.0. The second-order valence-corrected chi connectivity index (χ2v) is 6.98. The molecular weight excluding hydrogens is 364 g/mol. The maximum absolute atomic E-state index is 12.1. The van der Waals surface area contributed by atoms with Crippen molar-refractivity contribution in [1.29, 1.82) is 0 Å². The minimum Gasteiger partial charge on any atom is -0.367 e. The Labute approximate surface area is 156 Å². The Morgan fingerprint density at radius 2 is 2.04 bits per heavy atom. The third kappa shape index (κ3) is 5.32. The molecule has 10 heteroatoms. The Morgan fingerprint density at radius 1 is 1.32 bits per heavy atom. The van der Waals surface area contributed by atoms with E-state index in [2.05, 4.69) is 20.8 Å². The van der Waals surface area contributed by atoms with E-state index in [9.17, 15) is 9.59 Å². The summed E-state index contributed by atoms with van der Waals surface area (Å²) in [5.74, 6) is -0.251. The van der Waals surface area contributed by atoms with E-state index in [1.54, 1.807) is 19.0 Å². The van der Waals surface area contributed by atoms with Crippen molar-refractivity contribution in [2.24, 2.45) is 11.7 Å². The number of carbonyl (C=O) groups is 2. The average molecular weight is 385 g/mol. The van der Waals surface area contributed by atoms with Crippen LogP contribution >= 0.6 is 23.8 Å². The van der Waals surface area contributed by atoms with Crippen molar-refractivity contribution in [2.45, 2.75) is 31.3 Å². The van der Waals surface area contributed by atoms with Gasteiger partial charge in [0, 0.05) is 32.1 Å². The standard InChI is InChI=1S/C15H21ClN6O2S/c1-22(2)15(24)8-3-4-10(9(17)7-8)18-14(25)13(23)19-12-6-5-11(16)20-21-12/h5-6,8-10H,3-4,7,17H2,1-2H3,(H,18,25)(H,19,21,23)/t8-,9+,10-/m0/s1. The molecule has 136 valence electrons. The van der Waals surface area contributed by atoms with Gasteiger partial charge in [-0.15, -0.1) is 10.2 Å². The van der Waals surface area contributed by atoms with Gasteiger partial charge in [0.15, 0.2) is 16.0 Å². The molecule has 0 aliphatic heterocycles. The highest BCUT2D eigenvalue weighted by Gasteiger charge is 2.33. The van der Waals surface area contributed by atoms with Crippen molar-refractivity contribution in [2.75, 3.05) is 19.4 Å². The highest BCUT2D eigenvalue weighted by Crippen LogP contribution is 2.25. The van der Waals surface area contributed by atoms with Crippen LogP contribution in [-0.2, 0) is 9.59 Å². The molecule has 1 fully saturated rings. The van der Waals surface area contributed by atoms with E-state index >= 15 is 0 Å². The van der Waals surface area contributed by atoms with Crippen LogP contribution in [0, 0.1) is 5.92 Å². The molecule has 1 aliphatic rings. The lowest BCUT2D eigenvalue weighted by molar-refractivity contribution is -0.134. The summed E-state index contributed by atoms with van der Waals surface area (Å²) >= 11 is 10.8. The molecule has 0 aromatic carbocycles. The molecule has 8 nitrogen and oxygen atoms in total. The molecule has 1 aromatic heterocycles. The van der Waals surface area contributed by atoms with E-state index in [1.165, 1.54) is 12.1 Å². The van der Waals surface area contributed by atoms with Crippen molar-refractivity contribution < 1.29 is 9.59 Å². The highest BCUT2D eigenvalue weighted by molar-refractivity contribution is 7.82. The summed E-state index contributed by atoms with van der Waals surface area (Å²) in [6.45, 7) is 0. The predicted octanol–water partition coefficient (Wildman–Crippen LogP) is 0.570. The molecule has 1 aliphatic carbocycles. The molecule has 4 N–H and O–H groups in total. The minimum atomic E-state index is -0.495. The Balaban J connectivity index is 1.87. The van der Waals surface area contributed by atoms with E-state index in [4.69, 9.17) is 29.6 Å². The van der Waals surface area contributed by atoms with Crippen LogP contribution in [0.3, 0.4) is 0 Å². The van der Waals surface area contributed by atoms with Gasteiger partial charge in [0.1, 0.15) is 0 Å². The molecule has 0 spiro atoms. The molecule has 1 saturated carbocycles. The van der Waals surface area contributed by atoms with Gasteiger partial charge in [-0.25, -0.2) is 0 Å². The fraction of sp³-hybridized carbons (Fsp3) is 0.533. The number of aromatic nitrogens is 2. The zero-order valence-corrected chi connectivity index (χ0v) is 15.6. The number of halogens is 1. The molecule has 0 bridgehead atoms. The number of nitrogens with two attached hydrogens (primary N) is 1. The summed E-state index contributed by atoms with van der Waals surface area (Å²) in [7, 11) is 3.47. The lowest BCUT2D eigenvalue weighted by atomic mass is 9.82. The van der Waals surface area contributed by atoms with Crippen LogP contribution < -0.4 is 16.4 Å². The van der Waals surface area contributed by atoms with Crippen LogP contribution in [0.5, 0.6) is 0 Å². The van der Waals surface area contributed by atoms with Crippen molar-refractivity contribution in [1.82, 2.24) is 20.4 Å². The maximum Gasteiger partial charge on any atom is 0.284 e. The van der Waals surface area contributed by atoms with Crippen molar-refractivity contribution in [3.8, 4) is 0 Å². The van der Waals surface area contributed by atoms with Gasteiger partial charge in [-0.3, -0.25) is 9.59 Å². The van der Waals surface area contributed by atoms with Crippen LogP contribution in [0.15, 0.2) is 12.1 Å². The molecule has 2 amide bonds. The second-order valence-electron chi connectivity index (χ2n) is 6.18. The first-order valence-electron chi connectivity index (χ1n) is 7.85. The van der Waals surface area contributed by atoms with Gasteiger partial charge in [-0.1, -0.05) is 23.8 Å². The monoisotopic (exact) mass is 384 g/mol. The number of carbonyl (C=O) groups excluding carboxylic acids is 2. The fourth-order valence-electron chi connectivity index (χ4n) is 2.76. The van der Waals surface area contributed by atoms with Crippen molar-refractivity contribution in [3.63, 3.8) is 0 Å². The fourth-order valence-corrected chi connectivity index (χ4v) is 3.07. The van der Waals surface area contributed by atoms with Crippen LogP contribution in [0.25, 0.3) is 0 Å². The molecule has 2 rings (SSSR count). The summed E-state index contributed by atoms with van der Waals surface area (Å²) in [4.78, 5) is 25.8. The van der Waals surface area contributed by atoms with Crippen LogP contribution in [-0.4, -0.2) is 58.1 Å². The summed E-state index contributed by atoms with van der Waals surface area (Å²) in [6.07, 6.45) is 1.93. The van der Waals surface area contributed by atoms with Gasteiger partial charge in [0.05, 0.1) is 0 Å². The Hall–Kier alpha value is -1.84. The van der Waals surface area contributed by atoms with E-state index in [-0.39, 0.29) is 39.9 Å². The number of thiocarbonyl (C=S) groups is 1. The number of anilines is 1. The first-order valence-corrected chi connectivity index (χ1v) is 8.64. The first-order chi connectivity index (χ1) is 11.8. The van der Waals surface area contributed by atoms with E-state index < -0.39 is 5.91 Å². The number of hydrogen-bond donors (Lipinski definition) is 3. The molecule has 0 saturated heterocycles. The predicted molar refractivity (Wildman–Crippen MR) is 99.2 cm³/mol. The summed E-state index contributed by atoms with van der Waals surface area (Å²) in [6, 6.07) is 2.63. The summed E-state index contributed by atoms with van der Waals surface area (Å²) in [5, 5.41) is 13.1. The molecule has 1 heterocycles. The van der Waals surface area contributed by atoms with E-state index in [0.29, 0.717) is 19.3 Å². The number of nitrogens with one attached hydrogen (secondary N) is 2. The van der Waals surface area contributed by atoms with Gasteiger partial charge in [-0.2, -0.15) is 0 Å².